The van der Waals surface area contributed by atoms with Gasteiger partial charge in [-0.3, -0.25) is 4.68 Å². The maximum Gasteiger partial charge on any atom is 0.132 e. The normalized spacial score (nSPS) is 12.4. The van der Waals surface area contributed by atoms with Gasteiger partial charge in [0.15, 0.2) is 0 Å². The van der Waals surface area contributed by atoms with Crippen LogP contribution in [-0.2, 0) is 20.1 Å². The minimum Gasteiger partial charge on any atom is -0.487 e. The van der Waals surface area contributed by atoms with Crippen LogP contribution in [0.15, 0.2) is 36.5 Å². The molecule has 102 valence electrons. The molecule has 0 saturated heterocycles. The van der Waals surface area contributed by atoms with Crippen LogP contribution in [0.5, 0.6) is 5.75 Å². The van der Waals surface area contributed by atoms with Crippen molar-refractivity contribution in [1.82, 2.24) is 9.78 Å². The predicted octanol–water partition coefficient (Wildman–Crippen LogP) is 2.28. The number of hydrogen-bond acceptors (Lipinski definition) is 3. The molecule has 1 aromatic heterocycles. The Bertz CT molecular complexity index is 504. The molecule has 4 nitrogen and oxygen atoms in total. The van der Waals surface area contributed by atoms with Gasteiger partial charge in [0.05, 0.1) is 5.69 Å². The third-order valence-corrected chi connectivity index (χ3v) is 3.10. The van der Waals surface area contributed by atoms with Crippen LogP contribution >= 0.6 is 0 Å². The highest BCUT2D eigenvalue weighted by Crippen LogP contribution is 2.15. The zero-order valence-corrected chi connectivity index (χ0v) is 11.5. The van der Waals surface area contributed by atoms with Crippen molar-refractivity contribution >= 4 is 0 Å². The average molecular weight is 259 g/mol. The first-order valence-corrected chi connectivity index (χ1v) is 6.63. The third-order valence-electron chi connectivity index (χ3n) is 3.10. The summed E-state index contributed by atoms with van der Waals surface area (Å²) in [6.45, 7) is 2.60. The fraction of sp³-hybridized carbons (Fsp3) is 0.400. The number of rotatable bonds is 6. The number of aryl methyl sites for hydroxylation is 1. The van der Waals surface area contributed by atoms with Crippen molar-refractivity contribution in [1.29, 1.82) is 0 Å². The molecule has 2 aromatic rings. The van der Waals surface area contributed by atoms with Gasteiger partial charge in [-0.2, -0.15) is 5.10 Å². The molecule has 2 rings (SSSR count). The zero-order valence-electron chi connectivity index (χ0n) is 11.5. The Kier molecular flexibility index (Phi) is 4.58. The molecule has 0 radical (unpaired) electrons. The Morgan fingerprint density at radius 3 is 2.58 bits per heavy atom. The summed E-state index contributed by atoms with van der Waals surface area (Å²) in [4.78, 5) is 0. The number of nitrogens with two attached hydrogens (primary N) is 1. The monoisotopic (exact) mass is 259 g/mol. The van der Waals surface area contributed by atoms with E-state index in [1.54, 1.807) is 4.68 Å². The predicted molar refractivity (Wildman–Crippen MR) is 76.0 cm³/mol. The fourth-order valence-corrected chi connectivity index (χ4v) is 1.87. The zero-order chi connectivity index (χ0) is 13.7. The molecule has 0 aliphatic heterocycles. The van der Waals surface area contributed by atoms with E-state index >= 15 is 0 Å². The van der Waals surface area contributed by atoms with Crippen molar-refractivity contribution in [2.45, 2.75) is 32.4 Å². The smallest absolute Gasteiger partial charge is 0.132 e. The molecular formula is C15H21N3O. The van der Waals surface area contributed by atoms with Gasteiger partial charge >= 0.3 is 0 Å². The first-order chi connectivity index (χ1) is 9.17. The minimum atomic E-state index is 0.236. The Balaban J connectivity index is 1.88. The van der Waals surface area contributed by atoms with Crippen LogP contribution in [0.2, 0.25) is 0 Å². The number of hydrogen-bond donors (Lipinski definition) is 1. The summed E-state index contributed by atoms with van der Waals surface area (Å²) in [5.74, 6) is 0.861. The Hall–Kier alpha value is -1.81. The number of ether oxygens (including phenoxy) is 1. The second kappa shape index (κ2) is 6.38. The Morgan fingerprint density at radius 2 is 2.00 bits per heavy atom. The second-order valence-corrected chi connectivity index (χ2v) is 4.79. The maximum atomic E-state index is 5.94. The highest BCUT2D eigenvalue weighted by Gasteiger charge is 2.02. The van der Waals surface area contributed by atoms with Crippen molar-refractivity contribution < 1.29 is 4.74 Å². The lowest BCUT2D eigenvalue weighted by molar-refractivity contribution is 0.300. The van der Waals surface area contributed by atoms with E-state index in [0.29, 0.717) is 6.61 Å². The van der Waals surface area contributed by atoms with Crippen LogP contribution in [0.1, 0.15) is 24.6 Å². The summed E-state index contributed by atoms with van der Waals surface area (Å²) in [6, 6.07) is 10.3. The van der Waals surface area contributed by atoms with Gasteiger partial charge < -0.3 is 10.5 Å². The summed E-state index contributed by atoms with van der Waals surface area (Å²) >= 11 is 0. The molecule has 1 atom stereocenters. The summed E-state index contributed by atoms with van der Waals surface area (Å²) in [5.41, 5.74) is 8.12. The van der Waals surface area contributed by atoms with Crippen molar-refractivity contribution in [3.63, 3.8) is 0 Å². The van der Waals surface area contributed by atoms with Crippen molar-refractivity contribution in [2.75, 3.05) is 0 Å². The Labute approximate surface area is 114 Å². The standard InChI is InChI=1S/C15H21N3O/c1-3-13(16)10-12-4-6-15(7-5-12)19-11-14-8-9-18(2)17-14/h4-9,13H,3,10-11,16H2,1-2H3. The summed E-state index contributed by atoms with van der Waals surface area (Å²) < 4.78 is 7.46. The first kappa shape index (κ1) is 13.6. The van der Waals surface area contributed by atoms with E-state index in [9.17, 15) is 0 Å². The number of nitrogens with zero attached hydrogens (tertiary/aromatic N) is 2. The topological polar surface area (TPSA) is 53.1 Å². The van der Waals surface area contributed by atoms with Gasteiger partial charge in [-0.25, -0.2) is 0 Å². The average Bonchev–Trinajstić information content (AvgIpc) is 2.83. The lowest BCUT2D eigenvalue weighted by atomic mass is 10.0. The van der Waals surface area contributed by atoms with Crippen LogP contribution in [0.4, 0.5) is 0 Å². The van der Waals surface area contributed by atoms with Gasteiger partial charge in [-0.05, 0) is 36.6 Å². The van der Waals surface area contributed by atoms with Crippen LogP contribution in [0.3, 0.4) is 0 Å². The number of benzene rings is 1. The molecule has 0 saturated carbocycles. The molecule has 19 heavy (non-hydrogen) atoms. The molecule has 0 bridgehead atoms. The molecule has 4 heteroatoms. The van der Waals surface area contributed by atoms with Gasteiger partial charge in [0.25, 0.3) is 0 Å². The van der Waals surface area contributed by atoms with Crippen LogP contribution in [-0.4, -0.2) is 15.8 Å². The quantitative estimate of drug-likeness (QED) is 0.866. The highest BCUT2D eigenvalue weighted by atomic mass is 16.5. The Morgan fingerprint density at radius 1 is 1.26 bits per heavy atom. The van der Waals surface area contributed by atoms with Crippen LogP contribution < -0.4 is 10.5 Å². The second-order valence-electron chi connectivity index (χ2n) is 4.79. The minimum absolute atomic E-state index is 0.236. The molecule has 0 spiro atoms. The SMILES string of the molecule is CCC(N)Cc1ccc(OCc2ccn(C)n2)cc1. The van der Waals surface area contributed by atoms with Crippen LogP contribution in [0, 0.1) is 0 Å². The first-order valence-electron chi connectivity index (χ1n) is 6.63. The van der Waals surface area contributed by atoms with E-state index < -0.39 is 0 Å². The molecule has 0 aliphatic rings. The van der Waals surface area contributed by atoms with Gasteiger partial charge in [0.1, 0.15) is 12.4 Å². The molecule has 0 fully saturated rings. The van der Waals surface area contributed by atoms with Crippen molar-refractivity contribution in [3.05, 3.63) is 47.8 Å². The van der Waals surface area contributed by atoms with Gasteiger partial charge in [0, 0.05) is 19.3 Å². The molecule has 0 aliphatic carbocycles. The van der Waals surface area contributed by atoms with Crippen molar-refractivity contribution in [2.24, 2.45) is 12.8 Å². The van der Waals surface area contributed by atoms with E-state index in [2.05, 4.69) is 24.2 Å². The largest absolute Gasteiger partial charge is 0.487 e. The maximum absolute atomic E-state index is 5.94. The molecule has 0 amide bonds. The summed E-state index contributed by atoms with van der Waals surface area (Å²) in [7, 11) is 1.90. The lowest BCUT2D eigenvalue weighted by Gasteiger charge is -2.09. The molecule has 1 aromatic carbocycles. The molecule has 1 unspecified atom stereocenters. The lowest BCUT2D eigenvalue weighted by Crippen LogP contribution is -2.21. The van der Waals surface area contributed by atoms with Gasteiger partial charge in [-0.15, -0.1) is 0 Å². The summed E-state index contributed by atoms with van der Waals surface area (Å²) in [5, 5.41) is 4.27. The fourth-order valence-electron chi connectivity index (χ4n) is 1.87. The van der Waals surface area contributed by atoms with Crippen molar-refractivity contribution in [3.8, 4) is 5.75 Å². The molecule has 1 heterocycles. The van der Waals surface area contributed by atoms with E-state index in [-0.39, 0.29) is 6.04 Å². The summed E-state index contributed by atoms with van der Waals surface area (Å²) in [6.07, 6.45) is 3.82. The van der Waals surface area contributed by atoms with Gasteiger partial charge in [-0.1, -0.05) is 19.1 Å². The molecular weight excluding hydrogens is 238 g/mol. The van der Waals surface area contributed by atoms with Gasteiger partial charge in [0.2, 0.25) is 0 Å². The third kappa shape index (κ3) is 4.10. The van der Waals surface area contributed by atoms with E-state index in [1.165, 1.54) is 5.56 Å². The number of aromatic nitrogens is 2. The molecule has 2 N–H and O–H groups in total. The van der Waals surface area contributed by atoms with E-state index in [4.69, 9.17) is 10.5 Å². The highest BCUT2D eigenvalue weighted by molar-refractivity contribution is 5.27. The van der Waals surface area contributed by atoms with Crippen LogP contribution in [0.25, 0.3) is 0 Å². The van der Waals surface area contributed by atoms with E-state index in [1.807, 2.05) is 31.4 Å². The van der Waals surface area contributed by atoms with E-state index in [0.717, 1.165) is 24.3 Å².